The summed E-state index contributed by atoms with van der Waals surface area (Å²) in [5.41, 5.74) is 0. The van der Waals surface area contributed by atoms with Crippen molar-refractivity contribution >= 4 is 40.6 Å². The Morgan fingerprint density at radius 3 is 2.00 bits per heavy atom. The molecule has 123 valence electrons. The number of pyridine rings is 1. The third-order valence-corrected chi connectivity index (χ3v) is 5.39. The van der Waals surface area contributed by atoms with Gasteiger partial charge in [-0.1, -0.05) is 0 Å². The molecule has 0 aliphatic heterocycles. The van der Waals surface area contributed by atoms with Crippen LogP contribution in [-0.2, 0) is 17.5 Å². The van der Waals surface area contributed by atoms with Gasteiger partial charge >= 0.3 is 127 Å². The summed E-state index contributed by atoms with van der Waals surface area (Å²) in [6, 6.07) is 4.66. The van der Waals surface area contributed by atoms with E-state index in [0.29, 0.717) is 12.1 Å². The molecule has 2 heterocycles. The summed E-state index contributed by atoms with van der Waals surface area (Å²) in [6.07, 6.45) is 6.10. The Kier molecular flexibility index (Phi) is 9.08. The average Bonchev–Trinajstić information content (AvgIpc) is 2.76. The predicted molar refractivity (Wildman–Crippen MR) is 89.8 cm³/mol. The van der Waals surface area contributed by atoms with Crippen LogP contribution in [0.3, 0.4) is 0 Å². The maximum absolute atomic E-state index is 6.24. The van der Waals surface area contributed by atoms with Gasteiger partial charge in [0.25, 0.3) is 0 Å². The first-order valence-electron chi connectivity index (χ1n) is 6.32. The molecule has 0 saturated carbocycles. The number of nitrogens with zero attached hydrogens (tertiary/aromatic N) is 3. The summed E-state index contributed by atoms with van der Waals surface area (Å²) in [6.45, 7) is 8.79. The summed E-state index contributed by atoms with van der Waals surface area (Å²) in [5, 5.41) is 0.753. The maximum atomic E-state index is 6.24. The van der Waals surface area contributed by atoms with Crippen molar-refractivity contribution in [2.45, 2.75) is 39.8 Å². The molecule has 21 heavy (non-hydrogen) atoms. The van der Waals surface area contributed by atoms with E-state index >= 15 is 0 Å². The van der Waals surface area contributed by atoms with Crippen molar-refractivity contribution in [1.29, 1.82) is 0 Å². The van der Waals surface area contributed by atoms with Gasteiger partial charge in [0.15, 0.2) is 0 Å². The van der Waals surface area contributed by atoms with Gasteiger partial charge in [-0.05, 0) is 0 Å². The second-order valence-corrected chi connectivity index (χ2v) is 7.09. The Balaban J connectivity index is 0.00000200. The van der Waals surface area contributed by atoms with Gasteiger partial charge in [0.2, 0.25) is 0 Å². The van der Waals surface area contributed by atoms with E-state index in [9.17, 15) is 0 Å². The normalized spacial score (nSPS) is 10.6. The molecular weight excluding hydrogens is 423 g/mol. The minimum atomic E-state index is 0. The molecule has 0 amide bonds. The largest absolute Gasteiger partial charge is 0.147 e. The molecule has 0 saturated heterocycles. The van der Waals surface area contributed by atoms with E-state index in [0.717, 1.165) is 9.19 Å². The molecule has 2 rings (SSSR count). The van der Waals surface area contributed by atoms with Crippen molar-refractivity contribution in [2.24, 2.45) is 0 Å². The number of rotatable bonds is 3. The Morgan fingerprint density at radius 2 is 1.57 bits per heavy atom. The smallest absolute Gasteiger partial charge is 0.147 e. The quantitative estimate of drug-likeness (QED) is 0.649. The minimum absolute atomic E-state index is 0. The molecule has 2 aromatic rings. The first-order valence-corrected chi connectivity index (χ1v) is 8.25. The summed E-state index contributed by atoms with van der Waals surface area (Å²) in [7, 11) is 0. The standard InChI is InChI=1S/C9H16N2.C5H3ClN.2ClH.Pd/c1-8(2)10-5-6-11(7-10)9(3)4;6-5-2-1-3-7-4-5;;;/h5-6,8-9H,1-4H3;1-3H;2*1H;. The fraction of sp³-hybridized carbons (Fsp3) is 0.429. The van der Waals surface area contributed by atoms with Crippen LogP contribution in [0.5, 0.6) is 0 Å². The zero-order valence-corrected chi connectivity index (χ0v) is 16.3. The van der Waals surface area contributed by atoms with E-state index < -0.39 is 0 Å². The monoisotopic (exact) mass is 442 g/mol. The number of hydrogen-bond donors (Lipinski definition) is 0. The Morgan fingerprint density at radius 1 is 1.05 bits per heavy atom. The molecular formula is C14H21Cl3N3Pd. The summed E-state index contributed by atoms with van der Waals surface area (Å²) in [5.74, 6) is 0. The fourth-order valence-corrected chi connectivity index (χ4v) is 4.29. The SMILES string of the molecule is CC(C)n1ccn(C(C)C)[c]1=[Pd][c]1ncccc1Cl.Cl.Cl. The molecule has 2 aromatic heterocycles. The minimum Gasteiger partial charge on any atom is -0.147 e. The van der Waals surface area contributed by atoms with Gasteiger partial charge in [0, 0.05) is 0 Å². The summed E-state index contributed by atoms with van der Waals surface area (Å²) < 4.78 is 6.88. The third kappa shape index (κ3) is 4.94. The van der Waals surface area contributed by atoms with Crippen LogP contribution in [0, 0.1) is 3.89 Å². The molecule has 0 atom stereocenters. The first kappa shape index (κ1) is 20.9. The van der Waals surface area contributed by atoms with Crippen LogP contribution in [0.25, 0.3) is 0 Å². The third-order valence-electron chi connectivity index (χ3n) is 2.73. The van der Waals surface area contributed by atoms with Crippen molar-refractivity contribution in [1.82, 2.24) is 14.1 Å². The topological polar surface area (TPSA) is 22.8 Å². The van der Waals surface area contributed by atoms with Gasteiger partial charge in [-0.15, -0.1) is 24.8 Å². The van der Waals surface area contributed by atoms with Gasteiger partial charge < -0.3 is 0 Å². The van der Waals surface area contributed by atoms with E-state index in [1.54, 1.807) is 0 Å². The van der Waals surface area contributed by atoms with Gasteiger partial charge in [-0.3, -0.25) is 0 Å². The van der Waals surface area contributed by atoms with E-state index in [2.05, 4.69) is 54.2 Å². The van der Waals surface area contributed by atoms with Gasteiger partial charge in [-0.25, -0.2) is 0 Å². The maximum Gasteiger partial charge on any atom is -0.147 e. The molecule has 0 bridgehead atoms. The van der Waals surface area contributed by atoms with Crippen LogP contribution in [0.4, 0.5) is 0 Å². The second-order valence-electron chi connectivity index (χ2n) is 4.87. The van der Waals surface area contributed by atoms with Gasteiger partial charge in [0.05, 0.1) is 0 Å². The van der Waals surface area contributed by atoms with Crippen LogP contribution in [0.1, 0.15) is 39.8 Å². The molecule has 0 aliphatic rings. The van der Waals surface area contributed by atoms with Crippen LogP contribution < -0.4 is 4.17 Å². The van der Waals surface area contributed by atoms with Crippen molar-refractivity contribution in [3.63, 3.8) is 0 Å². The van der Waals surface area contributed by atoms with Crippen molar-refractivity contribution < 1.29 is 17.5 Å². The molecule has 0 spiro atoms. The van der Waals surface area contributed by atoms with Crippen LogP contribution in [0.2, 0.25) is 5.02 Å². The Labute approximate surface area is 151 Å². The molecule has 0 radical (unpaired) electrons. The van der Waals surface area contributed by atoms with Gasteiger partial charge in [-0.2, -0.15) is 0 Å². The Hall–Kier alpha value is -0.108. The average molecular weight is 444 g/mol. The molecule has 0 aromatic carbocycles. The zero-order chi connectivity index (χ0) is 14.0. The first-order chi connectivity index (χ1) is 9.00. The second kappa shape index (κ2) is 9.13. The molecule has 3 nitrogen and oxygen atoms in total. The molecule has 7 heteroatoms. The van der Waals surface area contributed by atoms with Crippen LogP contribution in [0.15, 0.2) is 30.7 Å². The van der Waals surface area contributed by atoms with Crippen molar-refractivity contribution in [3.05, 3.63) is 39.6 Å². The van der Waals surface area contributed by atoms with E-state index in [1.807, 2.05) is 18.3 Å². The molecule has 0 unspecified atom stereocenters. The van der Waals surface area contributed by atoms with E-state index in [4.69, 9.17) is 11.6 Å². The van der Waals surface area contributed by atoms with E-state index in [-0.39, 0.29) is 42.3 Å². The van der Waals surface area contributed by atoms with Crippen LogP contribution >= 0.6 is 36.4 Å². The summed E-state index contributed by atoms with van der Waals surface area (Å²) >= 11 is 6.47. The number of aromatic nitrogens is 3. The molecule has 0 N–H and O–H groups in total. The fourth-order valence-electron chi connectivity index (χ4n) is 1.69. The van der Waals surface area contributed by atoms with E-state index in [1.165, 1.54) is 3.89 Å². The number of imidazole rings is 1. The molecule has 0 aliphatic carbocycles. The van der Waals surface area contributed by atoms with Crippen LogP contribution in [-0.4, -0.2) is 14.1 Å². The van der Waals surface area contributed by atoms with Crippen molar-refractivity contribution in [3.8, 4) is 0 Å². The van der Waals surface area contributed by atoms with Gasteiger partial charge in [0.1, 0.15) is 0 Å². The zero-order valence-electron chi connectivity index (χ0n) is 12.4. The number of halogens is 3. The number of hydrogen-bond acceptors (Lipinski definition) is 1. The summed E-state index contributed by atoms with van der Waals surface area (Å²) in [4.78, 5) is 4.42. The van der Waals surface area contributed by atoms with Crippen molar-refractivity contribution in [2.75, 3.05) is 0 Å². The molecule has 0 fully saturated rings. The Bertz CT molecular complexity index is 604. The predicted octanol–water partition coefficient (Wildman–Crippen LogP) is 4.28.